The fourth-order valence-electron chi connectivity index (χ4n) is 4.10. The number of rotatable bonds is 5. The second-order valence-corrected chi connectivity index (χ2v) is 8.61. The van der Waals surface area contributed by atoms with Crippen molar-refractivity contribution < 1.29 is 28.3 Å². The van der Waals surface area contributed by atoms with E-state index >= 15 is 0 Å². The summed E-state index contributed by atoms with van der Waals surface area (Å²) in [5, 5.41) is 7.32. The number of imide groups is 1. The second-order valence-electron chi connectivity index (χ2n) is 8.61. The van der Waals surface area contributed by atoms with Gasteiger partial charge in [-0.2, -0.15) is 0 Å². The molecule has 1 atom stereocenters. The van der Waals surface area contributed by atoms with E-state index in [9.17, 15) is 19.2 Å². The molecule has 0 aliphatic carbocycles. The van der Waals surface area contributed by atoms with Crippen molar-refractivity contribution in [2.24, 2.45) is 5.73 Å². The Morgan fingerprint density at radius 3 is 2.67 bits per heavy atom. The number of carbonyl (C=O) groups is 4. The van der Waals surface area contributed by atoms with Gasteiger partial charge in [0.15, 0.2) is 6.04 Å². The van der Waals surface area contributed by atoms with Gasteiger partial charge in [-0.1, -0.05) is 6.07 Å². The van der Waals surface area contributed by atoms with Crippen LogP contribution in [-0.4, -0.2) is 67.5 Å². The number of urea groups is 2. The average Bonchev–Trinajstić information content (AvgIpc) is 3.57. The molecule has 2 fully saturated rings. The molecule has 36 heavy (non-hydrogen) atoms. The zero-order chi connectivity index (χ0) is 26.0. The Labute approximate surface area is 207 Å². The number of nitrogens with zero attached hydrogens (tertiary/aromatic N) is 2. The maximum absolute atomic E-state index is 11.6. The van der Waals surface area contributed by atoms with E-state index in [0.717, 1.165) is 16.9 Å². The lowest BCUT2D eigenvalue weighted by molar-refractivity contribution is -0.120. The smallest absolute Gasteiger partial charge is 0.322 e. The Kier molecular flexibility index (Phi) is 6.86. The normalized spacial score (nSPS) is 19.0. The van der Waals surface area contributed by atoms with Crippen molar-refractivity contribution in [1.82, 2.24) is 25.8 Å². The number of hydrogen-bond acceptors (Lipinski definition) is 7. The molecule has 0 spiro atoms. The van der Waals surface area contributed by atoms with Gasteiger partial charge >= 0.3 is 12.1 Å². The molecule has 0 saturated carbocycles. The van der Waals surface area contributed by atoms with Crippen molar-refractivity contribution in [2.45, 2.75) is 19.5 Å². The van der Waals surface area contributed by atoms with E-state index in [-0.39, 0.29) is 11.9 Å². The quantitative estimate of drug-likeness (QED) is 0.451. The summed E-state index contributed by atoms with van der Waals surface area (Å²) >= 11 is 0. The largest absolute Gasteiger partial charge is 0.497 e. The van der Waals surface area contributed by atoms with Crippen LogP contribution in [0.2, 0.25) is 0 Å². The van der Waals surface area contributed by atoms with Crippen molar-refractivity contribution in [2.75, 3.05) is 33.8 Å². The summed E-state index contributed by atoms with van der Waals surface area (Å²) in [5.74, 6) is 1.27. The first-order valence-corrected chi connectivity index (χ1v) is 11.3. The molecule has 12 heteroatoms. The molecule has 2 saturated heterocycles. The van der Waals surface area contributed by atoms with Gasteiger partial charge in [-0.25, -0.2) is 9.59 Å². The SMILES string of the molecule is COc1ccc2c(c1)C(=O)N(C)C2.Cc1oc([C@@H]2NC(=O)NC2=O)cc1/C=C(\N)CN1CCNC1=O. The van der Waals surface area contributed by atoms with Crippen LogP contribution in [0.25, 0.3) is 6.08 Å². The van der Waals surface area contributed by atoms with Crippen molar-refractivity contribution in [3.8, 4) is 5.75 Å². The number of hydrogen-bond donors (Lipinski definition) is 4. The maximum atomic E-state index is 11.6. The molecule has 5 N–H and O–H groups in total. The highest BCUT2D eigenvalue weighted by molar-refractivity contribution is 6.04. The molecule has 4 heterocycles. The Bertz CT molecular complexity index is 1250. The molecule has 5 rings (SSSR count). The summed E-state index contributed by atoms with van der Waals surface area (Å²) in [7, 11) is 3.40. The molecule has 1 aromatic heterocycles. The summed E-state index contributed by atoms with van der Waals surface area (Å²) in [5.41, 5.74) is 9.02. The van der Waals surface area contributed by atoms with E-state index < -0.39 is 18.0 Å². The second kappa shape index (κ2) is 10.0. The number of benzene rings is 1. The molecule has 3 aliphatic rings. The Morgan fingerprint density at radius 1 is 1.25 bits per heavy atom. The first-order valence-electron chi connectivity index (χ1n) is 11.3. The number of methoxy groups -OCH3 is 1. The molecule has 2 aromatic rings. The molecular weight excluding hydrogens is 468 g/mol. The van der Waals surface area contributed by atoms with Crippen molar-refractivity contribution in [1.29, 1.82) is 0 Å². The van der Waals surface area contributed by atoms with Crippen LogP contribution in [0.15, 0.2) is 34.4 Å². The fraction of sp³-hybridized carbons (Fsp3) is 0.333. The fourth-order valence-corrected chi connectivity index (χ4v) is 4.10. The number of ether oxygens (including phenoxy) is 1. The molecular formula is C24H28N6O6. The van der Waals surface area contributed by atoms with Gasteiger partial charge in [-0.3, -0.25) is 14.9 Å². The number of furan rings is 1. The number of aryl methyl sites for hydroxylation is 1. The minimum absolute atomic E-state index is 0.0777. The molecule has 1 aromatic carbocycles. The van der Waals surface area contributed by atoms with Gasteiger partial charge < -0.3 is 35.3 Å². The van der Waals surface area contributed by atoms with Crippen LogP contribution in [-0.2, 0) is 11.3 Å². The zero-order valence-corrected chi connectivity index (χ0v) is 20.2. The van der Waals surface area contributed by atoms with Crippen molar-refractivity contribution in [3.63, 3.8) is 0 Å². The molecule has 3 aliphatic heterocycles. The molecule has 0 unspecified atom stereocenters. The number of carbonyl (C=O) groups excluding carboxylic acids is 4. The summed E-state index contributed by atoms with van der Waals surface area (Å²) in [6.45, 7) is 3.97. The predicted molar refractivity (Wildman–Crippen MR) is 129 cm³/mol. The Balaban J connectivity index is 0.000000197. The van der Waals surface area contributed by atoms with Crippen LogP contribution in [0.1, 0.15) is 39.0 Å². The monoisotopic (exact) mass is 496 g/mol. The standard InChI is InChI=1S/C14H17N5O4.C10H11NO2/c1-7-8(4-9(15)6-19-3-2-16-14(19)22)5-10(23-7)11-12(20)18-13(21)17-11;1-11-6-7-3-4-8(13-2)5-9(7)10(11)12/h4-5,11H,2-3,6,15H2,1H3,(H,16,22)(H2,17,18,20,21);3-5H,6H2,1-2H3/b9-4-;/t11-;/m0./s1. The maximum Gasteiger partial charge on any atom is 0.322 e. The van der Waals surface area contributed by atoms with Crippen LogP contribution < -0.4 is 26.4 Å². The van der Waals surface area contributed by atoms with Gasteiger partial charge in [0.2, 0.25) is 0 Å². The van der Waals surface area contributed by atoms with E-state index in [2.05, 4.69) is 16.0 Å². The van der Waals surface area contributed by atoms with Crippen LogP contribution in [0.3, 0.4) is 0 Å². The van der Waals surface area contributed by atoms with E-state index in [1.165, 1.54) is 0 Å². The molecule has 190 valence electrons. The highest BCUT2D eigenvalue weighted by Gasteiger charge is 2.33. The van der Waals surface area contributed by atoms with E-state index in [4.69, 9.17) is 14.9 Å². The lowest BCUT2D eigenvalue weighted by Gasteiger charge is -2.13. The van der Waals surface area contributed by atoms with Gasteiger partial charge in [-0.05, 0) is 36.8 Å². The minimum atomic E-state index is -0.839. The van der Waals surface area contributed by atoms with Crippen molar-refractivity contribution >= 4 is 30.0 Å². The van der Waals surface area contributed by atoms with Crippen LogP contribution in [0.5, 0.6) is 5.75 Å². The van der Waals surface area contributed by atoms with E-state index in [0.29, 0.717) is 49.0 Å². The topological polar surface area (TPSA) is 159 Å². The predicted octanol–water partition coefficient (Wildman–Crippen LogP) is 1.07. The number of amides is 6. The molecule has 12 nitrogen and oxygen atoms in total. The van der Waals surface area contributed by atoms with Gasteiger partial charge in [0.05, 0.1) is 13.7 Å². The van der Waals surface area contributed by atoms with Gasteiger partial charge in [0.25, 0.3) is 11.8 Å². The molecule has 0 bridgehead atoms. The van der Waals surface area contributed by atoms with Gasteiger partial charge in [-0.15, -0.1) is 0 Å². The van der Waals surface area contributed by atoms with Crippen LogP contribution in [0.4, 0.5) is 9.59 Å². The Hall–Kier alpha value is -4.48. The van der Waals surface area contributed by atoms with Gasteiger partial charge in [0.1, 0.15) is 17.3 Å². The number of nitrogens with one attached hydrogen (secondary N) is 3. The van der Waals surface area contributed by atoms with Crippen LogP contribution in [0, 0.1) is 6.92 Å². The van der Waals surface area contributed by atoms with Crippen LogP contribution >= 0.6 is 0 Å². The third-order valence-electron chi connectivity index (χ3n) is 6.00. The minimum Gasteiger partial charge on any atom is -0.497 e. The lowest BCUT2D eigenvalue weighted by Crippen LogP contribution is -2.31. The zero-order valence-electron chi connectivity index (χ0n) is 20.2. The summed E-state index contributed by atoms with van der Waals surface area (Å²) in [4.78, 5) is 49.2. The molecule has 6 amide bonds. The van der Waals surface area contributed by atoms with E-state index in [1.54, 1.807) is 49.1 Å². The number of nitrogens with two attached hydrogens (primary N) is 1. The summed E-state index contributed by atoms with van der Waals surface area (Å²) < 4.78 is 10.6. The van der Waals surface area contributed by atoms with Crippen molar-refractivity contribution in [3.05, 3.63) is 58.2 Å². The number of fused-ring (bicyclic) bond motifs is 1. The Morgan fingerprint density at radius 2 is 2.03 bits per heavy atom. The highest BCUT2D eigenvalue weighted by Crippen LogP contribution is 2.26. The molecule has 0 radical (unpaired) electrons. The first-order chi connectivity index (χ1) is 17.2. The van der Waals surface area contributed by atoms with E-state index in [1.807, 2.05) is 12.1 Å². The first kappa shape index (κ1) is 24.6. The average molecular weight is 497 g/mol. The third-order valence-corrected chi connectivity index (χ3v) is 6.00. The lowest BCUT2D eigenvalue weighted by atomic mass is 10.1. The summed E-state index contributed by atoms with van der Waals surface area (Å²) in [6.07, 6.45) is 1.70. The highest BCUT2D eigenvalue weighted by atomic mass is 16.5. The summed E-state index contributed by atoms with van der Waals surface area (Å²) in [6, 6.07) is 5.74. The van der Waals surface area contributed by atoms with Gasteiger partial charge in [0, 0.05) is 43.5 Å². The third kappa shape index (κ3) is 5.11.